The van der Waals surface area contributed by atoms with Gasteiger partial charge in [-0.25, -0.2) is 4.79 Å². The van der Waals surface area contributed by atoms with E-state index in [1.807, 2.05) is 0 Å². The van der Waals surface area contributed by atoms with Crippen molar-refractivity contribution in [2.24, 2.45) is 10.2 Å². The lowest BCUT2D eigenvalue weighted by molar-refractivity contribution is -0.384. The standard InChI is InChI=1S/C11H11N3O5/c1-7(15)10(11(16)19-2)13-12-8-4-3-5-9(6-8)14(17)18/h3-6,15H,1-2H3/b10-7-,13-12?. The Morgan fingerprint density at radius 2 is 2.16 bits per heavy atom. The van der Waals surface area contributed by atoms with E-state index in [0.29, 0.717) is 0 Å². The van der Waals surface area contributed by atoms with Crippen molar-refractivity contribution in [3.63, 3.8) is 0 Å². The lowest BCUT2D eigenvalue weighted by Crippen LogP contribution is -2.04. The van der Waals surface area contributed by atoms with Crippen LogP contribution >= 0.6 is 0 Å². The first kappa shape index (κ1) is 14.3. The molecule has 0 fully saturated rings. The van der Waals surface area contributed by atoms with Gasteiger partial charge in [-0.3, -0.25) is 10.1 Å². The van der Waals surface area contributed by atoms with Crippen molar-refractivity contribution in [3.8, 4) is 0 Å². The van der Waals surface area contributed by atoms with Crippen molar-refractivity contribution in [1.29, 1.82) is 0 Å². The van der Waals surface area contributed by atoms with Crippen molar-refractivity contribution >= 4 is 17.3 Å². The van der Waals surface area contributed by atoms with E-state index in [0.717, 1.165) is 7.11 Å². The molecule has 1 aromatic rings. The molecule has 0 spiro atoms. The molecule has 8 heteroatoms. The molecule has 8 nitrogen and oxygen atoms in total. The molecule has 1 rings (SSSR count). The van der Waals surface area contributed by atoms with Gasteiger partial charge in [-0.05, 0) is 13.0 Å². The Labute approximate surface area is 108 Å². The first-order chi connectivity index (χ1) is 8.95. The summed E-state index contributed by atoms with van der Waals surface area (Å²) in [7, 11) is 1.13. The highest BCUT2D eigenvalue weighted by Gasteiger charge is 2.13. The minimum atomic E-state index is -0.853. The van der Waals surface area contributed by atoms with Gasteiger partial charge < -0.3 is 9.84 Å². The first-order valence-electron chi connectivity index (χ1n) is 5.10. The van der Waals surface area contributed by atoms with Crippen LogP contribution in [0.1, 0.15) is 6.92 Å². The number of hydrogen-bond donors (Lipinski definition) is 1. The topological polar surface area (TPSA) is 114 Å². The molecule has 100 valence electrons. The molecule has 0 aliphatic rings. The van der Waals surface area contributed by atoms with E-state index >= 15 is 0 Å². The summed E-state index contributed by atoms with van der Waals surface area (Å²) in [5.41, 5.74) is -0.341. The van der Waals surface area contributed by atoms with Crippen LogP contribution in [0.4, 0.5) is 11.4 Å². The first-order valence-corrected chi connectivity index (χ1v) is 5.10. The number of non-ortho nitro benzene ring substituents is 1. The van der Waals surface area contributed by atoms with E-state index in [9.17, 15) is 20.0 Å². The van der Waals surface area contributed by atoms with Crippen LogP contribution in [0, 0.1) is 10.1 Å². The number of allylic oxidation sites excluding steroid dienone is 1. The van der Waals surface area contributed by atoms with Crippen LogP contribution in [0.15, 0.2) is 46.0 Å². The van der Waals surface area contributed by atoms with Crippen molar-refractivity contribution < 1.29 is 19.6 Å². The number of esters is 1. The van der Waals surface area contributed by atoms with E-state index in [1.165, 1.54) is 31.2 Å². The summed E-state index contributed by atoms with van der Waals surface area (Å²) < 4.78 is 4.41. The van der Waals surface area contributed by atoms with Gasteiger partial charge in [0.25, 0.3) is 5.69 Å². The summed E-state index contributed by atoms with van der Waals surface area (Å²) >= 11 is 0. The quantitative estimate of drug-likeness (QED) is 0.224. The summed E-state index contributed by atoms with van der Waals surface area (Å²) in [6.45, 7) is 1.25. The molecule has 1 aromatic carbocycles. The van der Waals surface area contributed by atoms with Crippen molar-refractivity contribution in [2.45, 2.75) is 6.92 Å². The van der Waals surface area contributed by atoms with Crippen molar-refractivity contribution in [2.75, 3.05) is 7.11 Å². The molecule has 0 amide bonds. The maximum absolute atomic E-state index is 11.2. The number of methoxy groups -OCH3 is 1. The van der Waals surface area contributed by atoms with E-state index in [4.69, 9.17) is 0 Å². The molecule has 0 atom stereocenters. The van der Waals surface area contributed by atoms with Crippen LogP contribution in [-0.4, -0.2) is 23.1 Å². The molecule has 0 heterocycles. The highest BCUT2D eigenvalue weighted by Crippen LogP contribution is 2.21. The maximum atomic E-state index is 11.2. The smallest absolute Gasteiger partial charge is 0.362 e. The third-order valence-corrected chi connectivity index (χ3v) is 2.03. The Morgan fingerprint density at radius 3 is 2.68 bits per heavy atom. The number of nitrogens with zero attached hydrogens (tertiary/aromatic N) is 3. The normalized spacial score (nSPS) is 12.1. The number of benzene rings is 1. The molecule has 0 aliphatic carbocycles. The predicted molar refractivity (Wildman–Crippen MR) is 65.0 cm³/mol. The molecule has 0 radical (unpaired) electrons. The number of aliphatic hydroxyl groups is 1. The van der Waals surface area contributed by atoms with E-state index in [-0.39, 0.29) is 22.8 Å². The molecule has 0 unspecified atom stereocenters. The Hall–Kier alpha value is -2.77. The second-order valence-electron chi connectivity index (χ2n) is 3.40. The molecule has 19 heavy (non-hydrogen) atoms. The van der Waals surface area contributed by atoms with E-state index in [2.05, 4.69) is 15.0 Å². The van der Waals surface area contributed by atoms with Gasteiger partial charge in [-0.2, -0.15) is 0 Å². The molecule has 0 saturated carbocycles. The lowest BCUT2D eigenvalue weighted by Gasteiger charge is -1.99. The predicted octanol–water partition coefficient (Wildman–Crippen LogP) is 2.64. The zero-order chi connectivity index (χ0) is 14.4. The Bertz CT molecular complexity index is 561. The zero-order valence-corrected chi connectivity index (χ0v) is 10.2. The fourth-order valence-electron chi connectivity index (χ4n) is 1.13. The number of nitro groups is 1. The summed E-state index contributed by atoms with van der Waals surface area (Å²) in [5, 5.41) is 27.0. The fraction of sp³-hybridized carbons (Fsp3) is 0.182. The minimum Gasteiger partial charge on any atom is -0.510 e. The summed E-state index contributed by atoms with van der Waals surface area (Å²) in [4.78, 5) is 21.2. The number of ether oxygens (including phenoxy) is 1. The van der Waals surface area contributed by atoms with Crippen LogP contribution in [0.5, 0.6) is 0 Å². The summed E-state index contributed by atoms with van der Waals surface area (Å²) in [6, 6.07) is 5.39. The second-order valence-corrected chi connectivity index (χ2v) is 3.40. The largest absolute Gasteiger partial charge is 0.510 e. The fourth-order valence-corrected chi connectivity index (χ4v) is 1.13. The van der Waals surface area contributed by atoms with Gasteiger partial charge in [0.05, 0.1) is 17.7 Å². The number of carbonyl (C=O) groups excluding carboxylic acids is 1. The number of rotatable bonds is 4. The lowest BCUT2D eigenvalue weighted by atomic mass is 10.3. The number of hydrogen-bond acceptors (Lipinski definition) is 7. The number of aliphatic hydroxyl groups excluding tert-OH is 1. The Morgan fingerprint density at radius 1 is 1.47 bits per heavy atom. The number of nitro benzene ring substituents is 1. The van der Waals surface area contributed by atoms with Crippen molar-refractivity contribution in [3.05, 3.63) is 45.8 Å². The van der Waals surface area contributed by atoms with Gasteiger partial charge in [-0.15, -0.1) is 10.2 Å². The highest BCUT2D eigenvalue weighted by atomic mass is 16.6. The van der Waals surface area contributed by atoms with Crippen molar-refractivity contribution in [1.82, 2.24) is 0 Å². The van der Waals surface area contributed by atoms with Crippen LogP contribution in [0.2, 0.25) is 0 Å². The average Bonchev–Trinajstić information content (AvgIpc) is 2.38. The molecule has 0 aliphatic heterocycles. The van der Waals surface area contributed by atoms with Gasteiger partial charge in [0.15, 0.2) is 0 Å². The molecule has 1 N–H and O–H groups in total. The molecular weight excluding hydrogens is 254 g/mol. The summed E-state index contributed by atoms with van der Waals surface area (Å²) in [6.07, 6.45) is 0. The number of carbonyl (C=O) groups is 1. The van der Waals surface area contributed by atoms with E-state index in [1.54, 1.807) is 0 Å². The molecule has 0 aromatic heterocycles. The van der Waals surface area contributed by atoms with Gasteiger partial charge in [0.2, 0.25) is 5.70 Å². The number of azo groups is 1. The minimum absolute atomic E-state index is 0.152. The third kappa shape index (κ3) is 3.87. The Kier molecular flexibility index (Phi) is 4.69. The Balaban J connectivity index is 3.04. The monoisotopic (exact) mass is 265 g/mol. The SMILES string of the molecule is COC(=O)/C(N=Nc1cccc([N+](=O)[O-])c1)=C(\C)O. The van der Waals surface area contributed by atoms with Gasteiger partial charge in [-0.1, -0.05) is 6.07 Å². The van der Waals surface area contributed by atoms with Crippen LogP contribution < -0.4 is 0 Å². The maximum Gasteiger partial charge on any atom is 0.362 e. The van der Waals surface area contributed by atoms with Crippen LogP contribution in [-0.2, 0) is 9.53 Å². The van der Waals surface area contributed by atoms with Gasteiger partial charge in [0, 0.05) is 12.1 Å². The van der Waals surface area contributed by atoms with Crippen LogP contribution in [0.3, 0.4) is 0 Å². The summed E-state index contributed by atoms with van der Waals surface area (Å²) in [5.74, 6) is -1.21. The molecular formula is C11H11N3O5. The van der Waals surface area contributed by atoms with Gasteiger partial charge in [0.1, 0.15) is 5.76 Å². The second kappa shape index (κ2) is 6.24. The third-order valence-electron chi connectivity index (χ3n) is 2.03. The zero-order valence-electron chi connectivity index (χ0n) is 10.2. The van der Waals surface area contributed by atoms with Crippen LogP contribution in [0.25, 0.3) is 0 Å². The molecule has 0 bridgehead atoms. The molecule has 0 saturated heterocycles. The van der Waals surface area contributed by atoms with E-state index < -0.39 is 10.9 Å². The average molecular weight is 265 g/mol. The highest BCUT2D eigenvalue weighted by molar-refractivity contribution is 5.88. The van der Waals surface area contributed by atoms with Gasteiger partial charge >= 0.3 is 5.97 Å².